The van der Waals surface area contributed by atoms with E-state index >= 15 is 0 Å². The Bertz CT molecular complexity index is 103. The van der Waals surface area contributed by atoms with Crippen LogP contribution < -0.4 is 0 Å². The van der Waals surface area contributed by atoms with Crippen LogP contribution >= 0.6 is 0 Å². The molecule has 0 bridgehead atoms. The largest absolute Gasteiger partial charge is 0.313 e. The maximum atomic E-state index is 6.69. The highest BCUT2D eigenvalue weighted by molar-refractivity contribution is 4.84. The van der Waals surface area contributed by atoms with Crippen molar-refractivity contribution in [1.82, 2.24) is 0 Å². The first-order valence-corrected chi connectivity index (χ1v) is 2.85. The van der Waals surface area contributed by atoms with Crippen LogP contribution in [0.1, 0.15) is 27.7 Å². The molecular formula is C7H13N. The summed E-state index contributed by atoms with van der Waals surface area (Å²) < 4.78 is 0. The van der Waals surface area contributed by atoms with Crippen LogP contribution in [-0.2, 0) is 0 Å². The molecule has 8 heavy (non-hydrogen) atoms. The molecule has 0 spiro atoms. The van der Waals surface area contributed by atoms with Crippen LogP contribution in [0, 0.1) is 12.0 Å². The highest BCUT2D eigenvalue weighted by Crippen LogP contribution is 2.20. The number of hydrogen-bond donors (Lipinski definition) is 0. The molecule has 1 heteroatoms. The topological polar surface area (TPSA) is 4.36 Å². The lowest BCUT2D eigenvalue weighted by Gasteiger charge is -2.15. The van der Waals surface area contributed by atoms with E-state index in [1.807, 2.05) is 6.92 Å². The molecule has 0 radical (unpaired) electrons. The molecule has 1 atom stereocenters. The summed E-state index contributed by atoms with van der Waals surface area (Å²) in [5.74, 6) is 0. The Kier molecular flexibility index (Phi) is 2.03. The van der Waals surface area contributed by atoms with Crippen LogP contribution in [0.15, 0.2) is 0 Å². The minimum Gasteiger partial charge on any atom is -0.313 e. The molecule has 0 aliphatic heterocycles. The molecule has 0 fully saturated rings. The fraction of sp³-hybridized carbons (Fsp3) is 0.857. The van der Waals surface area contributed by atoms with Crippen molar-refractivity contribution in [1.29, 1.82) is 0 Å². The van der Waals surface area contributed by atoms with Gasteiger partial charge in [0.25, 0.3) is 0 Å². The van der Waals surface area contributed by atoms with Crippen LogP contribution in [0.25, 0.3) is 4.85 Å². The van der Waals surface area contributed by atoms with Crippen LogP contribution in [0.4, 0.5) is 0 Å². The van der Waals surface area contributed by atoms with Crippen LogP contribution in [0.5, 0.6) is 0 Å². The zero-order valence-corrected chi connectivity index (χ0v) is 6.02. The SMILES string of the molecule is [C-]#[N+][C@H](C)C(C)(C)C. The van der Waals surface area contributed by atoms with Crippen molar-refractivity contribution in [3.05, 3.63) is 11.4 Å². The van der Waals surface area contributed by atoms with Crippen LogP contribution in [-0.4, -0.2) is 6.04 Å². The standard InChI is InChI=1S/C7H13N/c1-6(8-5)7(2,3)4/h6H,1-4H3/t6-/m1/s1. The molecular weight excluding hydrogens is 98.1 g/mol. The van der Waals surface area contributed by atoms with E-state index in [9.17, 15) is 0 Å². The van der Waals surface area contributed by atoms with E-state index in [1.54, 1.807) is 0 Å². The molecule has 0 N–H and O–H groups in total. The summed E-state index contributed by atoms with van der Waals surface area (Å²) in [6.07, 6.45) is 0. The molecule has 0 saturated carbocycles. The minimum absolute atomic E-state index is 0.141. The zero-order valence-electron chi connectivity index (χ0n) is 6.02. The summed E-state index contributed by atoms with van der Waals surface area (Å²) >= 11 is 0. The van der Waals surface area contributed by atoms with Crippen molar-refractivity contribution >= 4 is 0 Å². The summed E-state index contributed by atoms with van der Waals surface area (Å²) in [7, 11) is 0. The summed E-state index contributed by atoms with van der Waals surface area (Å²) in [6, 6.07) is 0.141. The van der Waals surface area contributed by atoms with Gasteiger partial charge in [-0.15, -0.1) is 0 Å². The number of rotatable bonds is 0. The lowest BCUT2D eigenvalue weighted by molar-refractivity contribution is 0.375. The van der Waals surface area contributed by atoms with Gasteiger partial charge >= 0.3 is 0 Å². The summed E-state index contributed by atoms with van der Waals surface area (Å²) in [5.41, 5.74) is 0.155. The molecule has 0 aromatic rings. The number of nitrogens with zero attached hydrogens (tertiary/aromatic N) is 1. The molecule has 0 unspecified atom stereocenters. The van der Waals surface area contributed by atoms with Gasteiger partial charge in [0.2, 0.25) is 6.04 Å². The van der Waals surface area contributed by atoms with E-state index in [1.165, 1.54) is 0 Å². The second-order valence-corrected chi connectivity index (χ2v) is 3.17. The van der Waals surface area contributed by atoms with Gasteiger partial charge in [-0.1, -0.05) is 20.8 Å². The maximum absolute atomic E-state index is 6.69. The Morgan fingerprint density at radius 1 is 1.38 bits per heavy atom. The lowest BCUT2D eigenvalue weighted by Crippen LogP contribution is -2.18. The predicted molar refractivity (Wildman–Crippen MR) is 35.5 cm³/mol. The molecule has 0 heterocycles. The third-order valence-electron chi connectivity index (χ3n) is 1.45. The van der Waals surface area contributed by atoms with Crippen molar-refractivity contribution in [2.24, 2.45) is 5.41 Å². The first kappa shape index (κ1) is 7.49. The maximum Gasteiger partial charge on any atom is 0.225 e. The van der Waals surface area contributed by atoms with Crippen molar-refractivity contribution in [2.45, 2.75) is 33.7 Å². The van der Waals surface area contributed by atoms with Gasteiger partial charge in [0, 0.05) is 12.3 Å². The van der Waals surface area contributed by atoms with Gasteiger partial charge in [0.1, 0.15) is 0 Å². The number of hydrogen-bond acceptors (Lipinski definition) is 0. The van der Waals surface area contributed by atoms with Crippen molar-refractivity contribution in [3.63, 3.8) is 0 Å². The van der Waals surface area contributed by atoms with Crippen molar-refractivity contribution in [2.75, 3.05) is 0 Å². The average molecular weight is 111 g/mol. The van der Waals surface area contributed by atoms with Gasteiger partial charge in [-0.25, -0.2) is 6.57 Å². The third-order valence-corrected chi connectivity index (χ3v) is 1.45. The van der Waals surface area contributed by atoms with Gasteiger partial charge in [-0.3, -0.25) is 0 Å². The summed E-state index contributed by atoms with van der Waals surface area (Å²) in [6.45, 7) is 14.9. The van der Waals surface area contributed by atoms with Crippen LogP contribution in [0.2, 0.25) is 0 Å². The van der Waals surface area contributed by atoms with Gasteiger partial charge < -0.3 is 4.85 Å². The van der Waals surface area contributed by atoms with Crippen molar-refractivity contribution in [3.8, 4) is 0 Å². The molecule has 0 aromatic heterocycles. The van der Waals surface area contributed by atoms with Gasteiger partial charge in [-0.2, -0.15) is 0 Å². The smallest absolute Gasteiger partial charge is 0.225 e. The average Bonchev–Trinajstić information content (AvgIpc) is 1.62. The zero-order chi connectivity index (χ0) is 6.78. The summed E-state index contributed by atoms with van der Waals surface area (Å²) in [4.78, 5) is 3.41. The lowest BCUT2D eigenvalue weighted by atomic mass is 9.89. The molecule has 0 saturated heterocycles. The highest BCUT2D eigenvalue weighted by Gasteiger charge is 2.23. The molecule has 0 aromatic carbocycles. The normalized spacial score (nSPS) is 14.9. The molecule has 0 aliphatic rings. The summed E-state index contributed by atoms with van der Waals surface area (Å²) in [5, 5.41) is 0. The molecule has 0 rings (SSSR count). The van der Waals surface area contributed by atoms with E-state index in [0.717, 1.165) is 0 Å². The Hall–Kier alpha value is -0.510. The molecule has 46 valence electrons. The van der Waals surface area contributed by atoms with E-state index in [0.29, 0.717) is 0 Å². The molecule has 0 amide bonds. The second kappa shape index (κ2) is 2.17. The quantitative estimate of drug-likeness (QED) is 0.422. The Balaban J connectivity index is 3.87. The predicted octanol–water partition coefficient (Wildman–Crippen LogP) is 2.34. The van der Waals surface area contributed by atoms with Crippen molar-refractivity contribution < 1.29 is 0 Å². The monoisotopic (exact) mass is 111 g/mol. The fourth-order valence-electron chi connectivity index (χ4n) is 0.194. The Morgan fingerprint density at radius 3 is 1.75 bits per heavy atom. The molecule has 1 nitrogen and oxygen atoms in total. The van der Waals surface area contributed by atoms with Gasteiger partial charge in [-0.05, 0) is 0 Å². The fourth-order valence-corrected chi connectivity index (χ4v) is 0.194. The van der Waals surface area contributed by atoms with E-state index < -0.39 is 0 Å². The Morgan fingerprint density at radius 2 is 1.75 bits per heavy atom. The molecule has 0 aliphatic carbocycles. The highest BCUT2D eigenvalue weighted by atomic mass is 14.7. The Labute approximate surface area is 51.5 Å². The van der Waals surface area contributed by atoms with Crippen LogP contribution in [0.3, 0.4) is 0 Å². The van der Waals surface area contributed by atoms with E-state index in [-0.39, 0.29) is 11.5 Å². The van der Waals surface area contributed by atoms with Gasteiger partial charge in [0.05, 0.1) is 0 Å². The third kappa shape index (κ3) is 1.97. The van der Waals surface area contributed by atoms with E-state index in [2.05, 4.69) is 25.6 Å². The first-order valence-electron chi connectivity index (χ1n) is 2.85. The van der Waals surface area contributed by atoms with E-state index in [4.69, 9.17) is 6.57 Å². The second-order valence-electron chi connectivity index (χ2n) is 3.17. The van der Waals surface area contributed by atoms with Gasteiger partial charge in [0.15, 0.2) is 0 Å². The first-order chi connectivity index (χ1) is 3.48. The minimum atomic E-state index is 0.141.